The van der Waals surface area contributed by atoms with Gasteiger partial charge in [0.2, 0.25) is 0 Å². The highest BCUT2D eigenvalue weighted by atomic mass is 16.5. The summed E-state index contributed by atoms with van der Waals surface area (Å²) >= 11 is 0. The van der Waals surface area contributed by atoms with Crippen molar-refractivity contribution < 1.29 is 19.4 Å². The van der Waals surface area contributed by atoms with Gasteiger partial charge in [-0.05, 0) is 24.5 Å². The first-order valence-electron chi connectivity index (χ1n) is 7.09. The molecule has 0 spiro atoms. The van der Waals surface area contributed by atoms with Crippen LogP contribution < -0.4 is 0 Å². The van der Waals surface area contributed by atoms with Crippen LogP contribution in [0.5, 0.6) is 0 Å². The van der Waals surface area contributed by atoms with Crippen molar-refractivity contribution in [2.24, 2.45) is 5.92 Å². The van der Waals surface area contributed by atoms with Gasteiger partial charge < -0.3 is 9.84 Å². The molecule has 20 heavy (non-hydrogen) atoms. The van der Waals surface area contributed by atoms with Crippen molar-refractivity contribution in [1.82, 2.24) is 0 Å². The Bertz CT molecular complexity index is 454. The van der Waals surface area contributed by atoms with Crippen molar-refractivity contribution in [2.75, 3.05) is 6.61 Å². The number of hydrogen-bond acceptors (Lipinski definition) is 3. The minimum absolute atomic E-state index is 0.0147. The van der Waals surface area contributed by atoms with E-state index in [4.69, 9.17) is 9.84 Å². The van der Waals surface area contributed by atoms with E-state index in [0.717, 1.165) is 25.7 Å². The number of hydrogen-bond donors (Lipinski definition) is 1. The van der Waals surface area contributed by atoms with Gasteiger partial charge in [-0.1, -0.05) is 45.2 Å². The molecule has 0 fully saturated rings. The zero-order valence-electron chi connectivity index (χ0n) is 12.1. The highest BCUT2D eigenvalue weighted by Gasteiger charge is 2.18. The van der Waals surface area contributed by atoms with E-state index >= 15 is 0 Å². The maximum atomic E-state index is 12.0. The van der Waals surface area contributed by atoms with E-state index in [0.29, 0.717) is 12.5 Å². The molecule has 0 heterocycles. The molecule has 1 rings (SSSR count). The van der Waals surface area contributed by atoms with Crippen LogP contribution in [0.25, 0.3) is 0 Å². The summed E-state index contributed by atoms with van der Waals surface area (Å²) in [7, 11) is 0. The Kier molecular flexibility index (Phi) is 6.77. The monoisotopic (exact) mass is 284 g/mol. The summed E-state index contributed by atoms with van der Waals surface area (Å²) in [4.78, 5) is 23.0. The van der Waals surface area contributed by atoms with E-state index < -0.39 is 11.9 Å². The lowest BCUT2D eigenvalue weighted by atomic mass is 10.0. The fourth-order valence-corrected chi connectivity index (χ4v) is 2.02. The number of benzene rings is 1. The maximum Gasteiger partial charge on any atom is 0.339 e. The molecule has 1 aromatic rings. The molecule has 1 aromatic carbocycles. The third-order valence-electron chi connectivity index (χ3n) is 3.37. The summed E-state index contributed by atoms with van der Waals surface area (Å²) in [6, 6.07) is 6.12. The minimum Gasteiger partial charge on any atom is -0.478 e. The van der Waals surface area contributed by atoms with Gasteiger partial charge in [0.05, 0.1) is 17.7 Å². The number of aromatic carboxylic acids is 1. The molecule has 0 bridgehead atoms. The molecule has 1 N–H and O–H groups in total. The Morgan fingerprint density at radius 2 is 1.85 bits per heavy atom. The number of esters is 1. The number of unbranched alkanes of at least 4 members (excludes halogenated alkanes) is 1. The molecule has 110 valence electrons. The Morgan fingerprint density at radius 3 is 2.40 bits per heavy atom. The van der Waals surface area contributed by atoms with Gasteiger partial charge in [0.15, 0.2) is 0 Å². The summed E-state index contributed by atoms with van der Waals surface area (Å²) in [6.45, 7) is 4.55. The maximum absolute atomic E-state index is 12.0. The quantitative estimate of drug-likeness (QED) is 0.738. The molecule has 1 unspecified atom stereocenters. The molecule has 0 saturated carbocycles. The van der Waals surface area contributed by atoms with Crippen LogP contribution in [0.4, 0.5) is 0 Å². The van der Waals surface area contributed by atoms with Crippen LogP contribution in [-0.4, -0.2) is 23.7 Å². The predicted molar refractivity (Wildman–Crippen MR) is 77.0 cm³/mol. The lowest BCUT2D eigenvalue weighted by Crippen LogP contribution is -2.16. The van der Waals surface area contributed by atoms with Gasteiger partial charge in [-0.2, -0.15) is 0 Å². The van der Waals surface area contributed by atoms with Crippen molar-refractivity contribution in [2.45, 2.75) is 39.5 Å². The van der Waals surface area contributed by atoms with E-state index in [1.807, 2.05) is 0 Å². The zero-order valence-corrected chi connectivity index (χ0v) is 12.1. The molecule has 0 aliphatic heterocycles. The first-order valence-corrected chi connectivity index (χ1v) is 7.09. The van der Waals surface area contributed by atoms with Gasteiger partial charge in [0, 0.05) is 0 Å². The van der Waals surface area contributed by atoms with Crippen molar-refractivity contribution in [3.63, 3.8) is 0 Å². The summed E-state index contributed by atoms with van der Waals surface area (Å²) in [6.07, 6.45) is 4.21. The Labute approximate surface area is 119 Å². The fourth-order valence-electron chi connectivity index (χ4n) is 2.02. The summed E-state index contributed by atoms with van der Waals surface area (Å²) in [5.74, 6) is -1.33. The number of carbonyl (C=O) groups excluding carboxylic acids is 1. The number of rotatable bonds is 8. The van der Waals surface area contributed by atoms with Gasteiger partial charge in [-0.25, -0.2) is 9.59 Å². The second kappa shape index (κ2) is 8.35. The molecule has 1 atom stereocenters. The molecule has 0 aromatic heterocycles. The lowest BCUT2D eigenvalue weighted by Gasteiger charge is -2.15. The van der Waals surface area contributed by atoms with Crippen LogP contribution in [0.2, 0.25) is 0 Å². The highest BCUT2D eigenvalue weighted by molar-refractivity contribution is 6.02. The molecule has 4 nitrogen and oxygen atoms in total. The first kappa shape index (κ1) is 16.2. The van der Waals surface area contributed by atoms with E-state index in [9.17, 15) is 9.59 Å². The Balaban J connectivity index is 2.65. The number of carboxylic acid groups (broad SMARTS) is 1. The molecular weight excluding hydrogens is 262 g/mol. The average molecular weight is 284 g/mol. The van der Waals surface area contributed by atoms with E-state index in [1.54, 1.807) is 12.1 Å². The normalized spacial score (nSPS) is 11.9. The second-order valence-electron chi connectivity index (χ2n) is 4.87. The topological polar surface area (TPSA) is 63.6 Å². The molecule has 0 aliphatic rings. The number of carboxylic acids is 1. The van der Waals surface area contributed by atoms with Gasteiger partial charge in [0.1, 0.15) is 0 Å². The van der Waals surface area contributed by atoms with Crippen LogP contribution >= 0.6 is 0 Å². The smallest absolute Gasteiger partial charge is 0.339 e. The van der Waals surface area contributed by atoms with Crippen LogP contribution in [-0.2, 0) is 4.74 Å². The Hall–Kier alpha value is -1.84. The predicted octanol–water partition coefficient (Wildman–Crippen LogP) is 3.76. The number of ether oxygens (including phenoxy) is 1. The van der Waals surface area contributed by atoms with Gasteiger partial charge in [-0.3, -0.25) is 0 Å². The SMILES string of the molecule is CCCCC(CC)COC(=O)[13c]1[13cH][13cH][13cH][13cH][13c]1C(=O)O. The van der Waals surface area contributed by atoms with E-state index in [1.165, 1.54) is 12.1 Å². The molecule has 4 heteroatoms. The van der Waals surface area contributed by atoms with Crippen LogP contribution in [0.15, 0.2) is 24.3 Å². The summed E-state index contributed by atoms with van der Waals surface area (Å²) in [5.41, 5.74) is 0.101. The molecule has 0 radical (unpaired) electrons. The standard InChI is InChI=1S/C16H22O4/c1-3-5-8-12(4-2)11-20-16(19)14-10-7-6-9-13(14)15(17)18/h6-7,9-10,12H,3-5,8,11H2,1-2H3,(H,17,18)/i6+1,7+1,9+1,10+1,13+1,14+1. The molecule has 0 amide bonds. The van der Waals surface area contributed by atoms with Crippen molar-refractivity contribution in [3.8, 4) is 0 Å². The van der Waals surface area contributed by atoms with Crippen molar-refractivity contribution >= 4 is 11.9 Å². The third kappa shape index (κ3) is 4.68. The van der Waals surface area contributed by atoms with E-state index in [-0.39, 0.29) is 11.1 Å². The lowest BCUT2D eigenvalue weighted by molar-refractivity contribution is 0.0420. The van der Waals surface area contributed by atoms with Gasteiger partial charge >= 0.3 is 11.9 Å². The van der Waals surface area contributed by atoms with Crippen molar-refractivity contribution in [3.05, 3.63) is 35.4 Å². The van der Waals surface area contributed by atoms with E-state index in [2.05, 4.69) is 13.8 Å². The summed E-state index contributed by atoms with van der Waals surface area (Å²) < 4.78 is 5.27. The molecule has 0 saturated heterocycles. The van der Waals surface area contributed by atoms with Crippen molar-refractivity contribution in [1.29, 1.82) is 0 Å². The highest BCUT2D eigenvalue weighted by Crippen LogP contribution is 2.15. The summed E-state index contributed by atoms with van der Waals surface area (Å²) in [5, 5.41) is 9.05. The molecule has 0 aliphatic carbocycles. The molecular formula is C16H22O4. The first-order chi connectivity index (χ1) is 9.60. The second-order valence-corrected chi connectivity index (χ2v) is 4.87. The van der Waals surface area contributed by atoms with Crippen LogP contribution in [0.3, 0.4) is 0 Å². The fraction of sp³-hybridized carbons (Fsp3) is 0.500. The van der Waals surface area contributed by atoms with Crippen LogP contribution in [0.1, 0.15) is 60.2 Å². The zero-order chi connectivity index (χ0) is 15.0. The Morgan fingerprint density at radius 1 is 1.20 bits per heavy atom. The third-order valence-corrected chi connectivity index (χ3v) is 3.37. The average Bonchev–Trinajstić information content (AvgIpc) is 2.47. The van der Waals surface area contributed by atoms with Crippen LogP contribution in [0, 0.1) is 5.92 Å². The minimum atomic E-state index is -1.12. The van der Waals surface area contributed by atoms with Gasteiger partial charge in [0.25, 0.3) is 0 Å². The largest absolute Gasteiger partial charge is 0.478 e. The van der Waals surface area contributed by atoms with Gasteiger partial charge in [-0.15, -0.1) is 0 Å². The number of carbonyl (C=O) groups is 2.